The van der Waals surface area contributed by atoms with Crippen molar-refractivity contribution >= 4 is 11.9 Å². The molecule has 0 saturated heterocycles. The third-order valence-corrected chi connectivity index (χ3v) is 2.48. The summed E-state index contributed by atoms with van der Waals surface area (Å²) in [5.41, 5.74) is 5.81. The van der Waals surface area contributed by atoms with Gasteiger partial charge in [-0.2, -0.15) is 4.98 Å². The van der Waals surface area contributed by atoms with Gasteiger partial charge in [0.1, 0.15) is 0 Å². The zero-order chi connectivity index (χ0) is 11.3. The van der Waals surface area contributed by atoms with Crippen molar-refractivity contribution in [3.8, 4) is 0 Å². The first kappa shape index (κ1) is 11.8. The van der Waals surface area contributed by atoms with Crippen molar-refractivity contribution in [2.45, 2.75) is 46.1 Å². The van der Waals surface area contributed by atoms with E-state index in [1.807, 2.05) is 4.68 Å². The van der Waals surface area contributed by atoms with Gasteiger partial charge in [0.2, 0.25) is 11.9 Å². The summed E-state index contributed by atoms with van der Waals surface area (Å²) in [4.78, 5) is 4.18. The highest BCUT2D eigenvalue weighted by Gasteiger charge is 2.13. The molecule has 0 aliphatic carbocycles. The maximum absolute atomic E-state index is 5.81. The molecule has 0 atom stereocenters. The van der Waals surface area contributed by atoms with E-state index >= 15 is 0 Å². The fourth-order valence-corrected chi connectivity index (χ4v) is 1.55. The maximum atomic E-state index is 5.81. The Morgan fingerprint density at radius 2 is 2.00 bits per heavy atom. The molecule has 0 radical (unpaired) electrons. The second-order valence-electron chi connectivity index (χ2n) is 3.64. The molecule has 0 unspecified atom stereocenters. The number of rotatable bonds is 6. The average Bonchev–Trinajstić information content (AvgIpc) is 2.59. The minimum atomic E-state index is 0.356. The molecule has 0 bridgehead atoms. The molecule has 3 N–H and O–H groups in total. The van der Waals surface area contributed by atoms with Crippen LogP contribution < -0.4 is 11.1 Å². The van der Waals surface area contributed by atoms with Crippen LogP contribution in [0.1, 0.15) is 46.1 Å². The minimum Gasteiger partial charge on any atom is -0.368 e. The molecule has 86 valence electrons. The summed E-state index contributed by atoms with van der Waals surface area (Å²) in [6.45, 7) is 7.25. The lowest BCUT2D eigenvalue weighted by atomic mass is 10.2. The second-order valence-corrected chi connectivity index (χ2v) is 3.64. The van der Waals surface area contributed by atoms with Crippen LogP contribution in [0.4, 0.5) is 11.9 Å². The van der Waals surface area contributed by atoms with Crippen molar-refractivity contribution in [1.82, 2.24) is 14.8 Å². The van der Waals surface area contributed by atoms with E-state index in [4.69, 9.17) is 5.73 Å². The molecule has 1 aromatic heterocycles. The molecule has 0 spiro atoms. The first-order chi connectivity index (χ1) is 7.22. The third-order valence-electron chi connectivity index (χ3n) is 2.48. The van der Waals surface area contributed by atoms with E-state index in [-0.39, 0.29) is 0 Å². The Balaban J connectivity index is 2.75. The SMILES string of the molecule is CCCNc1nc(N)n(C(CC)CC)n1. The van der Waals surface area contributed by atoms with E-state index in [1.165, 1.54) is 0 Å². The van der Waals surface area contributed by atoms with E-state index in [9.17, 15) is 0 Å². The van der Waals surface area contributed by atoms with Crippen LogP contribution in [-0.2, 0) is 0 Å². The van der Waals surface area contributed by atoms with E-state index < -0.39 is 0 Å². The molecule has 0 fully saturated rings. The Hall–Kier alpha value is -1.26. The summed E-state index contributed by atoms with van der Waals surface area (Å²) in [7, 11) is 0. The summed E-state index contributed by atoms with van der Waals surface area (Å²) in [6.07, 6.45) is 3.11. The number of nitrogens with zero attached hydrogens (tertiary/aromatic N) is 3. The van der Waals surface area contributed by atoms with Gasteiger partial charge in [-0.25, -0.2) is 4.68 Å². The van der Waals surface area contributed by atoms with Crippen LogP contribution in [0.25, 0.3) is 0 Å². The Kier molecular flexibility index (Phi) is 4.39. The predicted molar refractivity (Wildman–Crippen MR) is 62.8 cm³/mol. The van der Waals surface area contributed by atoms with Gasteiger partial charge in [0, 0.05) is 6.54 Å². The number of nitrogen functional groups attached to an aromatic ring is 1. The van der Waals surface area contributed by atoms with Crippen LogP contribution >= 0.6 is 0 Å². The van der Waals surface area contributed by atoms with Gasteiger partial charge in [-0.3, -0.25) is 0 Å². The van der Waals surface area contributed by atoms with E-state index in [1.54, 1.807) is 0 Å². The Labute approximate surface area is 91.1 Å². The Bertz CT molecular complexity index is 290. The van der Waals surface area contributed by atoms with Crippen molar-refractivity contribution < 1.29 is 0 Å². The van der Waals surface area contributed by atoms with Gasteiger partial charge in [0.15, 0.2) is 0 Å². The topological polar surface area (TPSA) is 68.8 Å². The molecule has 0 aliphatic rings. The first-order valence-electron chi connectivity index (χ1n) is 5.68. The number of hydrogen-bond acceptors (Lipinski definition) is 4. The van der Waals surface area contributed by atoms with Crippen molar-refractivity contribution in [3.63, 3.8) is 0 Å². The number of anilines is 2. The summed E-state index contributed by atoms with van der Waals surface area (Å²) in [5.74, 6) is 1.14. The number of hydrogen-bond donors (Lipinski definition) is 2. The van der Waals surface area contributed by atoms with E-state index in [2.05, 4.69) is 36.2 Å². The highest BCUT2D eigenvalue weighted by molar-refractivity contribution is 5.31. The highest BCUT2D eigenvalue weighted by atomic mass is 15.4. The van der Waals surface area contributed by atoms with E-state index in [0.717, 1.165) is 25.8 Å². The van der Waals surface area contributed by atoms with Gasteiger partial charge in [-0.05, 0) is 19.3 Å². The molecule has 0 aliphatic heterocycles. The van der Waals surface area contributed by atoms with Crippen molar-refractivity contribution in [1.29, 1.82) is 0 Å². The van der Waals surface area contributed by atoms with Gasteiger partial charge in [-0.1, -0.05) is 20.8 Å². The summed E-state index contributed by atoms with van der Waals surface area (Å²) in [5, 5.41) is 7.49. The summed E-state index contributed by atoms with van der Waals surface area (Å²) >= 11 is 0. The van der Waals surface area contributed by atoms with Crippen LogP contribution in [-0.4, -0.2) is 21.3 Å². The normalized spacial score (nSPS) is 10.9. The van der Waals surface area contributed by atoms with Gasteiger partial charge < -0.3 is 11.1 Å². The standard InChI is InChI=1S/C10H21N5/c1-4-7-12-10-13-9(11)15(14-10)8(5-2)6-3/h8H,4-7H2,1-3H3,(H3,11,12,13,14). The van der Waals surface area contributed by atoms with Gasteiger partial charge >= 0.3 is 0 Å². The quantitative estimate of drug-likeness (QED) is 0.755. The minimum absolute atomic E-state index is 0.356. The molecule has 15 heavy (non-hydrogen) atoms. The Morgan fingerprint density at radius 3 is 2.53 bits per heavy atom. The second kappa shape index (κ2) is 5.58. The van der Waals surface area contributed by atoms with Crippen LogP contribution in [0.3, 0.4) is 0 Å². The molecular weight excluding hydrogens is 190 g/mol. The fourth-order valence-electron chi connectivity index (χ4n) is 1.55. The lowest BCUT2D eigenvalue weighted by Gasteiger charge is -2.12. The molecule has 1 rings (SSSR count). The molecule has 5 heteroatoms. The molecule has 0 aromatic carbocycles. The van der Waals surface area contributed by atoms with Gasteiger partial charge in [-0.15, -0.1) is 5.10 Å². The van der Waals surface area contributed by atoms with Gasteiger partial charge in [0.05, 0.1) is 6.04 Å². The summed E-state index contributed by atoms with van der Waals surface area (Å²) in [6, 6.07) is 0.356. The van der Waals surface area contributed by atoms with Crippen LogP contribution in [0, 0.1) is 0 Å². The molecular formula is C10H21N5. The first-order valence-corrected chi connectivity index (χ1v) is 5.68. The monoisotopic (exact) mass is 211 g/mol. The maximum Gasteiger partial charge on any atom is 0.243 e. The van der Waals surface area contributed by atoms with Crippen molar-refractivity contribution in [2.75, 3.05) is 17.6 Å². The zero-order valence-electron chi connectivity index (χ0n) is 9.82. The molecule has 1 heterocycles. The molecule has 1 aromatic rings. The van der Waals surface area contributed by atoms with Crippen LogP contribution in [0.5, 0.6) is 0 Å². The largest absolute Gasteiger partial charge is 0.368 e. The van der Waals surface area contributed by atoms with Crippen LogP contribution in [0.2, 0.25) is 0 Å². The lowest BCUT2D eigenvalue weighted by molar-refractivity contribution is 0.434. The highest BCUT2D eigenvalue weighted by Crippen LogP contribution is 2.18. The smallest absolute Gasteiger partial charge is 0.243 e. The van der Waals surface area contributed by atoms with Gasteiger partial charge in [0.25, 0.3) is 0 Å². The van der Waals surface area contributed by atoms with Crippen LogP contribution in [0.15, 0.2) is 0 Å². The average molecular weight is 211 g/mol. The van der Waals surface area contributed by atoms with E-state index in [0.29, 0.717) is 17.9 Å². The van der Waals surface area contributed by atoms with Crippen molar-refractivity contribution in [2.24, 2.45) is 0 Å². The molecule has 5 nitrogen and oxygen atoms in total. The predicted octanol–water partition coefficient (Wildman–Crippen LogP) is 2.04. The van der Waals surface area contributed by atoms with Crippen molar-refractivity contribution in [3.05, 3.63) is 0 Å². The Morgan fingerprint density at radius 1 is 1.33 bits per heavy atom. The third kappa shape index (κ3) is 2.84. The summed E-state index contributed by atoms with van der Waals surface area (Å²) < 4.78 is 1.82. The lowest BCUT2D eigenvalue weighted by Crippen LogP contribution is -2.12. The number of nitrogens with one attached hydrogen (secondary N) is 1. The number of aromatic nitrogens is 3. The zero-order valence-corrected chi connectivity index (χ0v) is 9.82. The fraction of sp³-hybridized carbons (Fsp3) is 0.800. The molecule has 0 amide bonds. The number of nitrogens with two attached hydrogens (primary N) is 1. The molecule has 0 saturated carbocycles.